The molecule has 1 aliphatic rings. The zero-order chi connectivity index (χ0) is 11.9. The molecule has 96 valence electrons. The largest absolute Gasteiger partial charge is 0.377 e. The minimum absolute atomic E-state index is 0.516. The van der Waals surface area contributed by atoms with Crippen LogP contribution in [0.25, 0.3) is 0 Å². The van der Waals surface area contributed by atoms with E-state index in [1.165, 1.54) is 37.8 Å². The molecule has 0 amide bonds. The van der Waals surface area contributed by atoms with Crippen molar-refractivity contribution in [1.82, 2.24) is 14.9 Å². The topological polar surface area (TPSA) is 39.1 Å². The Hall–Kier alpha value is -0.870. The number of nitrogens with zero attached hydrogens (tertiary/aromatic N) is 2. The van der Waals surface area contributed by atoms with Crippen molar-refractivity contribution in [3.63, 3.8) is 0 Å². The summed E-state index contributed by atoms with van der Waals surface area (Å²) >= 11 is 0. The summed E-state index contributed by atoms with van der Waals surface area (Å²) in [7, 11) is 2.02. The van der Waals surface area contributed by atoms with E-state index in [2.05, 4.69) is 10.3 Å². The van der Waals surface area contributed by atoms with Crippen molar-refractivity contribution >= 4 is 0 Å². The van der Waals surface area contributed by atoms with Crippen LogP contribution in [0.2, 0.25) is 0 Å². The highest BCUT2D eigenvalue weighted by Crippen LogP contribution is 2.19. The van der Waals surface area contributed by atoms with E-state index >= 15 is 0 Å². The van der Waals surface area contributed by atoms with Crippen LogP contribution in [0.3, 0.4) is 0 Å². The van der Waals surface area contributed by atoms with Crippen LogP contribution in [0.4, 0.5) is 0 Å². The van der Waals surface area contributed by atoms with Crippen molar-refractivity contribution in [2.75, 3.05) is 13.2 Å². The van der Waals surface area contributed by atoms with E-state index < -0.39 is 0 Å². The Morgan fingerprint density at radius 1 is 1.41 bits per heavy atom. The van der Waals surface area contributed by atoms with Gasteiger partial charge < -0.3 is 14.6 Å². The van der Waals surface area contributed by atoms with E-state index in [0.717, 1.165) is 19.7 Å². The van der Waals surface area contributed by atoms with Gasteiger partial charge >= 0.3 is 0 Å². The molecule has 4 heteroatoms. The normalized spacial score (nSPS) is 17.5. The summed E-state index contributed by atoms with van der Waals surface area (Å²) in [5, 5.41) is 3.38. The summed E-state index contributed by atoms with van der Waals surface area (Å²) in [6, 6.07) is 0. The highest BCUT2D eigenvalue weighted by Gasteiger charge is 2.12. The predicted molar refractivity (Wildman–Crippen MR) is 67.7 cm³/mol. The molecule has 0 unspecified atom stereocenters. The summed E-state index contributed by atoms with van der Waals surface area (Å²) in [5.74, 6) is 0. The van der Waals surface area contributed by atoms with E-state index in [4.69, 9.17) is 4.74 Å². The SMILES string of the molecule is Cn1cncc1CNCCOC1CCCCC1. The van der Waals surface area contributed by atoms with Gasteiger partial charge in [-0.05, 0) is 12.8 Å². The average Bonchev–Trinajstić information content (AvgIpc) is 2.76. The zero-order valence-electron chi connectivity index (χ0n) is 10.7. The number of hydrogen-bond donors (Lipinski definition) is 1. The molecule has 0 aliphatic heterocycles. The highest BCUT2D eigenvalue weighted by atomic mass is 16.5. The van der Waals surface area contributed by atoms with E-state index in [1.807, 2.05) is 24.1 Å². The van der Waals surface area contributed by atoms with Crippen molar-refractivity contribution in [2.45, 2.75) is 44.8 Å². The third-order valence-corrected chi connectivity index (χ3v) is 3.41. The number of nitrogens with one attached hydrogen (secondary N) is 1. The molecule has 4 nitrogen and oxygen atoms in total. The minimum Gasteiger partial charge on any atom is -0.377 e. The monoisotopic (exact) mass is 237 g/mol. The van der Waals surface area contributed by atoms with Crippen molar-refractivity contribution in [3.05, 3.63) is 18.2 Å². The molecule has 2 rings (SSSR count). The van der Waals surface area contributed by atoms with Crippen LogP contribution >= 0.6 is 0 Å². The van der Waals surface area contributed by atoms with Gasteiger partial charge in [0.05, 0.1) is 24.7 Å². The lowest BCUT2D eigenvalue weighted by molar-refractivity contribution is 0.0302. The van der Waals surface area contributed by atoms with Crippen LogP contribution < -0.4 is 5.32 Å². The lowest BCUT2D eigenvalue weighted by Crippen LogP contribution is -2.24. The molecule has 0 aromatic carbocycles. The Morgan fingerprint density at radius 3 is 2.94 bits per heavy atom. The maximum Gasteiger partial charge on any atom is 0.0945 e. The Morgan fingerprint density at radius 2 is 2.24 bits per heavy atom. The third kappa shape index (κ3) is 4.13. The first-order chi connectivity index (χ1) is 8.36. The Kier molecular flexibility index (Phi) is 5.01. The summed E-state index contributed by atoms with van der Waals surface area (Å²) < 4.78 is 7.88. The minimum atomic E-state index is 0.516. The molecule has 17 heavy (non-hydrogen) atoms. The smallest absolute Gasteiger partial charge is 0.0945 e. The van der Waals surface area contributed by atoms with Gasteiger partial charge in [-0.15, -0.1) is 0 Å². The second kappa shape index (κ2) is 6.77. The van der Waals surface area contributed by atoms with Crippen molar-refractivity contribution < 1.29 is 4.74 Å². The van der Waals surface area contributed by atoms with Crippen molar-refractivity contribution in [1.29, 1.82) is 0 Å². The summed E-state index contributed by atoms with van der Waals surface area (Å²) in [5.41, 5.74) is 1.21. The first-order valence-electron chi connectivity index (χ1n) is 6.64. The van der Waals surface area contributed by atoms with Gasteiger partial charge in [0.15, 0.2) is 0 Å². The highest BCUT2D eigenvalue weighted by molar-refractivity contribution is 4.96. The summed E-state index contributed by atoms with van der Waals surface area (Å²) in [4.78, 5) is 4.09. The van der Waals surface area contributed by atoms with Gasteiger partial charge in [-0.3, -0.25) is 0 Å². The Balaban J connectivity index is 1.53. The summed E-state index contributed by atoms with van der Waals surface area (Å²) in [6.07, 6.45) is 10.8. The lowest BCUT2D eigenvalue weighted by Gasteiger charge is -2.22. The van der Waals surface area contributed by atoms with Gasteiger partial charge in [-0.1, -0.05) is 19.3 Å². The molecule has 1 aromatic rings. The van der Waals surface area contributed by atoms with E-state index in [9.17, 15) is 0 Å². The van der Waals surface area contributed by atoms with Gasteiger partial charge in [0, 0.05) is 26.3 Å². The first-order valence-corrected chi connectivity index (χ1v) is 6.64. The van der Waals surface area contributed by atoms with Crippen LogP contribution in [0.1, 0.15) is 37.8 Å². The molecule has 0 radical (unpaired) electrons. The lowest BCUT2D eigenvalue weighted by atomic mass is 9.98. The van der Waals surface area contributed by atoms with Gasteiger partial charge in [0.25, 0.3) is 0 Å². The molecule has 0 bridgehead atoms. The fraction of sp³-hybridized carbons (Fsp3) is 0.769. The quantitative estimate of drug-likeness (QED) is 0.768. The molecule has 1 saturated carbocycles. The molecular weight excluding hydrogens is 214 g/mol. The predicted octanol–water partition coefficient (Wildman–Crippen LogP) is 1.86. The van der Waals surface area contributed by atoms with E-state index in [0.29, 0.717) is 6.10 Å². The molecule has 1 aliphatic carbocycles. The van der Waals surface area contributed by atoms with Crippen LogP contribution in [0.5, 0.6) is 0 Å². The van der Waals surface area contributed by atoms with Crippen LogP contribution in [0.15, 0.2) is 12.5 Å². The maximum atomic E-state index is 5.85. The van der Waals surface area contributed by atoms with Gasteiger partial charge in [0.1, 0.15) is 0 Å². The second-order valence-corrected chi connectivity index (χ2v) is 4.80. The number of ether oxygens (including phenoxy) is 1. The fourth-order valence-electron chi connectivity index (χ4n) is 2.30. The molecule has 1 aromatic heterocycles. The second-order valence-electron chi connectivity index (χ2n) is 4.80. The van der Waals surface area contributed by atoms with Crippen molar-refractivity contribution in [2.24, 2.45) is 7.05 Å². The summed E-state index contributed by atoms with van der Waals surface area (Å²) in [6.45, 7) is 2.61. The number of hydrogen-bond acceptors (Lipinski definition) is 3. The Labute approximate surface area is 103 Å². The molecule has 1 heterocycles. The van der Waals surface area contributed by atoms with E-state index in [-0.39, 0.29) is 0 Å². The molecule has 0 saturated heterocycles. The third-order valence-electron chi connectivity index (χ3n) is 3.41. The molecule has 0 spiro atoms. The maximum absolute atomic E-state index is 5.85. The Bertz CT molecular complexity index is 318. The van der Waals surface area contributed by atoms with Crippen LogP contribution in [0, 0.1) is 0 Å². The standard InChI is InChI=1S/C13H23N3O/c1-16-11-15-10-12(16)9-14-7-8-17-13-5-3-2-4-6-13/h10-11,13-14H,2-9H2,1H3. The van der Waals surface area contributed by atoms with Crippen LogP contribution in [-0.4, -0.2) is 28.8 Å². The van der Waals surface area contributed by atoms with Gasteiger partial charge in [-0.25, -0.2) is 4.98 Å². The molecule has 1 N–H and O–H groups in total. The van der Waals surface area contributed by atoms with Gasteiger partial charge in [0.2, 0.25) is 0 Å². The number of imidazole rings is 1. The van der Waals surface area contributed by atoms with Crippen molar-refractivity contribution in [3.8, 4) is 0 Å². The fourth-order valence-corrected chi connectivity index (χ4v) is 2.30. The number of aromatic nitrogens is 2. The zero-order valence-corrected chi connectivity index (χ0v) is 10.7. The first kappa shape index (κ1) is 12.6. The van der Waals surface area contributed by atoms with E-state index in [1.54, 1.807) is 0 Å². The molecule has 0 atom stereocenters. The molecular formula is C13H23N3O. The number of rotatable bonds is 6. The van der Waals surface area contributed by atoms with Gasteiger partial charge in [-0.2, -0.15) is 0 Å². The average molecular weight is 237 g/mol. The molecule has 1 fully saturated rings. The number of aryl methyl sites for hydroxylation is 1. The van der Waals surface area contributed by atoms with Crippen LogP contribution in [-0.2, 0) is 18.3 Å².